The van der Waals surface area contributed by atoms with Crippen LogP contribution in [0.5, 0.6) is 11.5 Å². The number of amides is 1. The molecule has 0 bridgehead atoms. The van der Waals surface area contributed by atoms with Crippen molar-refractivity contribution >= 4 is 5.91 Å². The lowest BCUT2D eigenvalue weighted by molar-refractivity contribution is -0.120. The van der Waals surface area contributed by atoms with Crippen molar-refractivity contribution < 1.29 is 14.3 Å². The monoisotopic (exact) mass is 308 g/mol. The number of hydrogen-bond donors (Lipinski definition) is 2. The number of hydrogen-bond acceptors (Lipinski definition) is 4. The molecule has 0 saturated carbocycles. The maximum Gasteiger partial charge on any atom is 0.234 e. The predicted octanol–water partition coefficient (Wildman–Crippen LogP) is 2.66. The number of methoxy groups -OCH3 is 1. The molecule has 1 aromatic carbocycles. The lowest BCUT2D eigenvalue weighted by Crippen LogP contribution is -2.33. The van der Waals surface area contributed by atoms with Gasteiger partial charge in [0.15, 0.2) is 11.5 Å². The molecule has 0 aromatic heterocycles. The van der Waals surface area contributed by atoms with E-state index in [1.54, 1.807) is 14.2 Å². The Kier molecular flexibility index (Phi) is 8.36. The molecule has 5 nitrogen and oxygen atoms in total. The van der Waals surface area contributed by atoms with Crippen LogP contribution in [-0.4, -0.2) is 33.2 Å². The van der Waals surface area contributed by atoms with Gasteiger partial charge in [-0.2, -0.15) is 0 Å². The van der Waals surface area contributed by atoms with Crippen LogP contribution in [0.4, 0.5) is 0 Å². The Morgan fingerprint density at radius 1 is 1.27 bits per heavy atom. The second kappa shape index (κ2) is 10.1. The number of likely N-dealkylation sites (N-methyl/N-ethyl adjacent to an activating group) is 1. The number of ether oxygens (including phenoxy) is 2. The van der Waals surface area contributed by atoms with Crippen molar-refractivity contribution in [3.05, 3.63) is 23.8 Å². The predicted molar refractivity (Wildman–Crippen MR) is 88.5 cm³/mol. The molecule has 0 fully saturated rings. The number of carbonyl (C=O) groups is 1. The van der Waals surface area contributed by atoms with E-state index in [-0.39, 0.29) is 11.9 Å². The highest BCUT2D eigenvalue weighted by atomic mass is 16.5. The summed E-state index contributed by atoms with van der Waals surface area (Å²) in [7, 11) is 3.38. The molecule has 0 radical (unpaired) electrons. The zero-order valence-electron chi connectivity index (χ0n) is 14.1. The minimum absolute atomic E-state index is 0.0335. The molecular formula is C17H28N2O3. The third-order valence-electron chi connectivity index (χ3n) is 3.41. The van der Waals surface area contributed by atoms with E-state index >= 15 is 0 Å². The van der Waals surface area contributed by atoms with Crippen molar-refractivity contribution in [3.8, 4) is 11.5 Å². The van der Waals surface area contributed by atoms with Gasteiger partial charge in [0.2, 0.25) is 5.91 Å². The van der Waals surface area contributed by atoms with Crippen LogP contribution in [0, 0.1) is 0 Å². The van der Waals surface area contributed by atoms with E-state index in [4.69, 9.17) is 9.47 Å². The fourth-order valence-corrected chi connectivity index (χ4v) is 2.14. The molecule has 2 N–H and O–H groups in total. The van der Waals surface area contributed by atoms with Gasteiger partial charge in [-0.05, 0) is 38.1 Å². The van der Waals surface area contributed by atoms with Gasteiger partial charge >= 0.3 is 0 Å². The van der Waals surface area contributed by atoms with Gasteiger partial charge in [-0.3, -0.25) is 4.79 Å². The molecule has 5 heteroatoms. The molecule has 0 aliphatic rings. The van der Waals surface area contributed by atoms with E-state index in [1.165, 1.54) is 6.42 Å². The van der Waals surface area contributed by atoms with Crippen LogP contribution in [-0.2, 0) is 4.79 Å². The summed E-state index contributed by atoms with van der Waals surface area (Å²) in [6, 6.07) is 5.70. The first-order chi connectivity index (χ1) is 10.6. The molecule has 1 aromatic rings. The quantitative estimate of drug-likeness (QED) is 0.652. The van der Waals surface area contributed by atoms with E-state index in [9.17, 15) is 4.79 Å². The van der Waals surface area contributed by atoms with Gasteiger partial charge in [0.05, 0.1) is 26.3 Å². The fourth-order valence-electron chi connectivity index (χ4n) is 2.14. The van der Waals surface area contributed by atoms with Crippen LogP contribution >= 0.6 is 0 Å². The Bertz CT molecular complexity index is 463. The van der Waals surface area contributed by atoms with E-state index in [0.29, 0.717) is 18.9 Å². The van der Waals surface area contributed by atoms with E-state index < -0.39 is 0 Å². The minimum atomic E-state index is -0.0797. The van der Waals surface area contributed by atoms with Gasteiger partial charge < -0.3 is 20.1 Å². The summed E-state index contributed by atoms with van der Waals surface area (Å²) in [5.41, 5.74) is 0.988. The van der Waals surface area contributed by atoms with Crippen molar-refractivity contribution in [1.82, 2.24) is 10.6 Å². The average molecular weight is 308 g/mol. The van der Waals surface area contributed by atoms with Gasteiger partial charge in [0, 0.05) is 0 Å². The van der Waals surface area contributed by atoms with Gasteiger partial charge in [-0.1, -0.05) is 25.8 Å². The largest absolute Gasteiger partial charge is 0.493 e. The van der Waals surface area contributed by atoms with Crippen molar-refractivity contribution in [2.24, 2.45) is 0 Å². The first kappa shape index (κ1) is 18.3. The lowest BCUT2D eigenvalue weighted by atomic mass is 10.1. The highest BCUT2D eigenvalue weighted by molar-refractivity contribution is 5.78. The molecule has 0 spiro atoms. The number of carbonyl (C=O) groups excluding carboxylic acids is 1. The zero-order valence-corrected chi connectivity index (χ0v) is 14.1. The molecule has 0 aliphatic carbocycles. The fraction of sp³-hybridized carbons (Fsp3) is 0.588. The molecule has 124 valence electrons. The Hall–Kier alpha value is -1.75. The topological polar surface area (TPSA) is 59.6 Å². The van der Waals surface area contributed by atoms with Crippen LogP contribution in [0.2, 0.25) is 0 Å². The van der Waals surface area contributed by atoms with E-state index in [2.05, 4.69) is 17.6 Å². The Labute approximate surface area is 133 Å². The minimum Gasteiger partial charge on any atom is -0.493 e. The summed E-state index contributed by atoms with van der Waals surface area (Å²) < 4.78 is 11.2. The molecule has 0 aliphatic heterocycles. The third-order valence-corrected chi connectivity index (χ3v) is 3.41. The standard InChI is InChI=1S/C17H28N2O3/c1-5-6-7-10-22-15-9-8-14(11-16(15)21-4)13(2)19-17(20)12-18-3/h8-9,11,13,18H,5-7,10,12H2,1-4H3,(H,19,20). The van der Waals surface area contributed by atoms with E-state index in [1.807, 2.05) is 25.1 Å². The SMILES string of the molecule is CCCCCOc1ccc(C(C)NC(=O)CNC)cc1OC. The molecule has 0 heterocycles. The number of unbranched alkanes of at least 4 members (excludes halogenated alkanes) is 2. The number of rotatable bonds is 10. The van der Waals surface area contributed by atoms with Crippen LogP contribution in [0.25, 0.3) is 0 Å². The number of benzene rings is 1. The van der Waals surface area contributed by atoms with Crippen molar-refractivity contribution in [2.45, 2.75) is 39.2 Å². The highest BCUT2D eigenvalue weighted by Crippen LogP contribution is 2.30. The summed E-state index contributed by atoms with van der Waals surface area (Å²) in [5.74, 6) is 1.41. The summed E-state index contributed by atoms with van der Waals surface area (Å²) in [5, 5.41) is 5.76. The van der Waals surface area contributed by atoms with E-state index in [0.717, 1.165) is 24.2 Å². The average Bonchev–Trinajstić information content (AvgIpc) is 2.51. The maximum absolute atomic E-state index is 11.6. The first-order valence-electron chi connectivity index (χ1n) is 7.87. The number of nitrogens with one attached hydrogen (secondary N) is 2. The summed E-state index contributed by atoms with van der Waals surface area (Å²) in [4.78, 5) is 11.6. The van der Waals surface area contributed by atoms with Crippen molar-refractivity contribution in [3.63, 3.8) is 0 Å². The van der Waals surface area contributed by atoms with Crippen LogP contribution < -0.4 is 20.1 Å². The van der Waals surface area contributed by atoms with Gasteiger partial charge in [0.1, 0.15) is 0 Å². The molecule has 1 unspecified atom stereocenters. The van der Waals surface area contributed by atoms with Crippen LogP contribution in [0.3, 0.4) is 0 Å². The molecule has 1 atom stereocenters. The maximum atomic E-state index is 11.6. The smallest absolute Gasteiger partial charge is 0.234 e. The second-order valence-corrected chi connectivity index (χ2v) is 5.29. The first-order valence-corrected chi connectivity index (χ1v) is 7.87. The summed E-state index contributed by atoms with van der Waals surface area (Å²) >= 11 is 0. The normalized spacial score (nSPS) is 11.8. The van der Waals surface area contributed by atoms with Crippen LogP contribution in [0.1, 0.15) is 44.7 Å². The third kappa shape index (κ3) is 5.93. The highest BCUT2D eigenvalue weighted by Gasteiger charge is 2.12. The zero-order chi connectivity index (χ0) is 16.4. The molecule has 1 amide bonds. The molecule has 22 heavy (non-hydrogen) atoms. The Morgan fingerprint density at radius 3 is 2.68 bits per heavy atom. The van der Waals surface area contributed by atoms with Crippen molar-refractivity contribution in [1.29, 1.82) is 0 Å². The van der Waals surface area contributed by atoms with Gasteiger partial charge in [0.25, 0.3) is 0 Å². The second-order valence-electron chi connectivity index (χ2n) is 5.29. The lowest BCUT2D eigenvalue weighted by Gasteiger charge is -2.17. The van der Waals surface area contributed by atoms with Gasteiger partial charge in [-0.15, -0.1) is 0 Å². The molecule has 0 saturated heterocycles. The van der Waals surface area contributed by atoms with Crippen molar-refractivity contribution in [2.75, 3.05) is 27.3 Å². The molecule has 1 rings (SSSR count). The van der Waals surface area contributed by atoms with Crippen LogP contribution in [0.15, 0.2) is 18.2 Å². The molecular weight excluding hydrogens is 280 g/mol. The summed E-state index contributed by atoms with van der Waals surface area (Å²) in [6.07, 6.45) is 3.37. The summed E-state index contributed by atoms with van der Waals surface area (Å²) in [6.45, 7) is 5.11. The van der Waals surface area contributed by atoms with Gasteiger partial charge in [-0.25, -0.2) is 0 Å². The Balaban J connectivity index is 2.68. The Morgan fingerprint density at radius 2 is 2.05 bits per heavy atom.